The Balaban J connectivity index is 1.43. The second-order valence-corrected chi connectivity index (χ2v) is 10.6. The molecule has 4 rings (SSSR count). The molecular formula is C28H38N10O5. The molecule has 0 radical (unpaired) electrons. The molecule has 1 aliphatic rings. The van der Waals surface area contributed by atoms with Gasteiger partial charge in [-0.25, -0.2) is 9.78 Å². The summed E-state index contributed by atoms with van der Waals surface area (Å²) in [6.45, 7) is 0.556. The molecule has 2 aromatic heterocycles. The van der Waals surface area contributed by atoms with Crippen molar-refractivity contribution in [2.45, 2.75) is 62.7 Å². The van der Waals surface area contributed by atoms with E-state index in [1.807, 2.05) is 30.5 Å². The molecule has 15 nitrogen and oxygen atoms in total. The van der Waals surface area contributed by atoms with Gasteiger partial charge in [-0.3, -0.25) is 19.4 Å². The van der Waals surface area contributed by atoms with Crippen LogP contribution in [0.2, 0.25) is 0 Å². The van der Waals surface area contributed by atoms with Crippen LogP contribution in [0, 0.1) is 0 Å². The third-order valence-corrected chi connectivity index (χ3v) is 7.44. The number of benzene rings is 1. The molecule has 0 aliphatic carbocycles. The normalized spacial score (nSPS) is 16.8. The van der Waals surface area contributed by atoms with Crippen molar-refractivity contribution in [3.8, 4) is 0 Å². The van der Waals surface area contributed by atoms with E-state index in [1.54, 1.807) is 0 Å². The average Bonchev–Trinajstić information content (AvgIpc) is 3.75. The number of carbonyl (C=O) groups excluding carboxylic acids is 3. The number of carbonyl (C=O) groups is 4. The van der Waals surface area contributed by atoms with E-state index < -0.39 is 42.0 Å². The van der Waals surface area contributed by atoms with E-state index in [0.717, 1.165) is 16.5 Å². The Morgan fingerprint density at radius 2 is 1.91 bits per heavy atom. The zero-order valence-electron chi connectivity index (χ0n) is 23.7. The van der Waals surface area contributed by atoms with Crippen molar-refractivity contribution in [3.63, 3.8) is 0 Å². The first kappa shape index (κ1) is 31.0. The van der Waals surface area contributed by atoms with Crippen LogP contribution in [0.3, 0.4) is 0 Å². The van der Waals surface area contributed by atoms with Crippen molar-refractivity contribution >= 4 is 40.6 Å². The monoisotopic (exact) mass is 594 g/mol. The maximum Gasteiger partial charge on any atom is 0.326 e. The summed E-state index contributed by atoms with van der Waals surface area (Å²) in [6.07, 6.45) is 6.41. The van der Waals surface area contributed by atoms with E-state index >= 15 is 0 Å². The van der Waals surface area contributed by atoms with Crippen LogP contribution >= 0.6 is 0 Å². The molecule has 1 aliphatic heterocycles. The number of H-pyrrole nitrogens is 2. The number of nitrogens with two attached hydrogens (primary N) is 3. The lowest BCUT2D eigenvalue weighted by molar-refractivity contribution is -0.143. The number of para-hydroxylation sites is 1. The topological polar surface area (TPSA) is 251 Å². The highest BCUT2D eigenvalue weighted by Gasteiger charge is 2.38. The zero-order valence-corrected chi connectivity index (χ0v) is 23.7. The van der Waals surface area contributed by atoms with Gasteiger partial charge in [0, 0.05) is 48.5 Å². The fourth-order valence-electron chi connectivity index (χ4n) is 5.27. The average molecular weight is 595 g/mol. The number of fused-ring (bicyclic) bond motifs is 1. The Morgan fingerprint density at radius 1 is 1.12 bits per heavy atom. The number of amides is 3. The second kappa shape index (κ2) is 14.3. The summed E-state index contributed by atoms with van der Waals surface area (Å²) >= 11 is 0. The van der Waals surface area contributed by atoms with Crippen LogP contribution in [0.1, 0.15) is 36.9 Å². The molecule has 3 heterocycles. The minimum absolute atomic E-state index is 0.0328. The smallest absolute Gasteiger partial charge is 0.326 e. The van der Waals surface area contributed by atoms with Crippen molar-refractivity contribution in [1.82, 2.24) is 30.5 Å². The number of carboxylic acids is 1. The first-order valence-corrected chi connectivity index (χ1v) is 14.1. The fraction of sp³-hybridized carbons (Fsp3) is 0.429. The lowest BCUT2D eigenvalue weighted by Gasteiger charge is -2.28. The van der Waals surface area contributed by atoms with Gasteiger partial charge < -0.3 is 47.8 Å². The van der Waals surface area contributed by atoms with Gasteiger partial charge in [-0.1, -0.05) is 18.2 Å². The Kier molecular flexibility index (Phi) is 10.3. The Morgan fingerprint density at radius 3 is 2.63 bits per heavy atom. The molecule has 1 saturated heterocycles. The van der Waals surface area contributed by atoms with Crippen LogP contribution in [-0.2, 0) is 32.0 Å². The highest BCUT2D eigenvalue weighted by molar-refractivity contribution is 5.94. The number of rotatable bonds is 14. The summed E-state index contributed by atoms with van der Waals surface area (Å²) in [5.74, 6) is -2.92. The molecule has 1 aromatic carbocycles. The third-order valence-electron chi connectivity index (χ3n) is 7.44. The van der Waals surface area contributed by atoms with Crippen LogP contribution in [0.25, 0.3) is 10.9 Å². The number of guanidine groups is 1. The first-order valence-electron chi connectivity index (χ1n) is 14.1. The van der Waals surface area contributed by atoms with Gasteiger partial charge in [0.25, 0.3) is 0 Å². The number of aliphatic carboxylic acids is 1. The molecule has 0 bridgehead atoms. The molecule has 230 valence electrons. The molecule has 43 heavy (non-hydrogen) atoms. The SMILES string of the molecule is NC(N)=NCCCC(NC(=O)C1CCCN1C(=O)C(N)Cc1c[nH]c2ccccc12)C(=O)NC(Cc1cnc[nH]1)C(=O)O. The summed E-state index contributed by atoms with van der Waals surface area (Å²) in [5, 5.41) is 15.9. The van der Waals surface area contributed by atoms with Gasteiger partial charge in [0.2, 0.25) is 17.7 Å². The Labute approximate surface area is 247 Å². The molecule has 0 spiro atoms. The largest absolute Gasteiger partial charge is 0.480 e. The Bertz CT molecular complexity index is 1450. The lowest BCUT2D eigenvalue weighted by Crippen LogP contribution is -2.57. The van der Waals surface area contributed by atoms with E-state index in [-0.39, 0.29) is 37.7 Å². The first-order chi connectivity index (χ1) is 20.6. The number of hydrogen-bond donors (Lipinski definition) is 8. The number of nitrogens with zero attached hydrogens (tertiary/aromatic N) is 3. The van der Waals surface area contributed by atoms with Crippen molar-refractivity contribution in [2.24, 2.45) is 22.2 Å². The number of aromatic amines is 2. The predicted octanol–water partition coefficient (Wildman–Crippen LogP) is -0.898. The summed E-state index contributed by atoms with van der Waals surface area (Å²) in [5.41, 5.74) is 19.5. The fourth-order valence-corrected chi connectivity index (χ4v) is 5.27. The maximum absolute atomic E-state index is 13.5. The molecule has 1 fully saturated rings. The summed E-state index contributed by atoms with van der Waals surface area (Å²) in [4.78, 5) is 67.3. The second-order valence-electron chi connectivity index (χ2n) is 10.6. The third kappa shape index (κ3) is 8.09. The molecule has 4 unspecified atom stereocenters. The van der Waals surface area contributed by atoms with E-state index in [4.69, 9.17) is 17.2 Å². The van der Waals surface area contributed by atoms with Gasteiger partial charge in [0.1, 0.15) is 18.1 Å². The molecule has 3 amide bonds. The zero-order chi connectivity index (χ0) is 30.9. The van der Waals surface area contributed by atoms with E-state index in [9.17, 15) is 24.3 Å². The van der Waals surface area contributed by atoms with Crippen LogP contribution in [-0.4, -0.2) is 91.9 Å². The van der Waals surface area contributed by atoms with Gasteiger partial charge in [-0.15, -0.1) is 0 Å². The lowest BCUT2D eigenvalue weighted by atomic mass is 10.0. The van der Waals surface area contributed by atoms with E-state index in [2.05, 4.69) is 30.6 Å². The molecule has 11 N–H and O–H groups in total. The van der Waals surface area contributed by atoms with Crippen LogP contribution in [0.4, 0.5) is 0 Å². The Hall–Kier alpha value is -4.92. The molecule has 15 heteroatoms. The highest BCUT2D eigenvalue weighted by atomic mass is 16.4. The van der Waals surface area contributed by atoms with Crippen LogP contribution < -0.4 is 27.8 Å². The number of imidazole rings is 1. The number of hydrogen-bond acceptors (Lipinski definition) is 7. The minimum Gasteiger partial charge on any atom is -0.480 e. The molecular weight excluding hydrogens is 556 g/mol. The summed E-state index contributed by atoms with van der Waals surface area (Å²) in [6, 6.07) is 3.66. The highest BCUT2D eigenvalue weighted by Crippen LogP contribution is 2.22. The van der Waals surface area contributed by atoms with Gasteiger partial charge in [0.15, 0.2) is 5.96 Å². The number of aliphatic imine (C=N–C) groups is 1. The molecule has 3 aromatic rings. The van der Waals surface area contributed by atoms with Gasteiger partial charge in [-0.05, 0) is 43.7 Å². The summed E-state index contributed by atoms with van der Waals surface area (Å²) < 4.78 is 0. The van der Waals surface area contributed by atoms with Crippen molar-refractivity contribution in [2.75, 3.05) is 13.1 Å². The number of likely N-dealkylation sites (tertiary alicyclic amines) is 1. The molecule has 4 atom stereocenters. The number of aromatic nitrogens is 3. The predicted molar refractivity (Wildman–Crippen MR) is 158 cm³/mol. The van der Waals surface area contributed by atoms with Gasteiger partial charge in [0.05, 0.1) is 12.4 Å². The minimum atomic E-state index is -1.27. The number of carboxylic acid groups (broad SMARTS) is 1. The maximum atomic E-state index is 13.5. The number of nitrogens with one attached hydrogen (secondary N) is 4. The van der Waals surface area contributed by atoms with Crippen molar-refractivity contribution in [3.05, 3.63) is 54.2 Å². The van der Waals surface area contributed by atoms with Crippen molar-refractivity contribution < 1.29 is 24.3 Å². The summed E-state index contributed by atoms with van der Waals surface area (Å²) in [7, 11) is 0. The quantitative estimate of drug-likeness (QED) is 0.0653. The molecule has 0 saturated carbocycles. The van der Waals surface area contributed by atoms with Gasteiger partial charge >= 0.3 is 5.97 Å². The standard InChI is InChI=1S/C28H38N10O5/c29-19(11-16-13-34-20-6-2-1-5-18(16)20)26(41)38-10-4-8-23(38)25(40)36-21(7-3-9-33-28(30)31)24(39)37-22(27(42)43)12-17-14-32-15-35-17/h1-2,5-6,13-15,19,21-23,34H,3-4,7-12,29H2,(H,32,35)(H,36,40)(H,37,39)(H,42,43)(H4,30,31,33). The van der Waals surface area contributed by atoms with Gasteiger partial charge in [-0.2, -0.15) is 0 Å². The van der Waals surface area contributed by atoms with Crippen molar-refractivity contribution in [1.29, 1.82) is 0 Å². The van der Waals surface area contributed by atoms with Crippen LogP contribution in [0.5, 0.6) is 0 Å². The van der Waals surface area contributed by atoms with Crippen LogP contribution in [0.15, 0.2) is 48.0 Å². The van der Waals surface area contributed by atoms with E-state index in [1.165, 1.54) is 17.4 Å². The van der Waals surface area contributed by atoms with E-state index in [0.29, 0.717) is 31.5 Å².